The highest BCUT2D eigenvalue weighted by molar-refractivity contribution is 6.67. The van der Waals surface area contributed by atoms with Gasteiger partial charge in [0, 0.05) is 0 Å². The van der Waals surface area contributed by atoms with E-state index in [2.05, 4.69) is 0 Å². The first-order chi connectivity index (χ1) is 9.69. The Morgan fingerprint density at radius 3 is 1.65 bits per heavy atom. The average molecular weight is 292 g/mol. The molecule has 20 heavy (non-hydrogen) atoms. The summed E-state index contributed by atoms with van der Waals surface area (Å²) in [7, 11) is 3.08. The highest BCUT2D eigenvalue weighted by atomic mass is 35.5. The minimum Gasteiger partial charge on any atom is -0.495 e. The van der Waals surface area contributed by atoms with Crippen molar-refractivity contribution in [3.8, 4) is 11.5 Å². The predicted molar refractivity (Wildman–Crippen MR) is 79.4 cm³/mol. The Kier molecular flexibility index (Phi) is 4.48. The molecular weight excluding hydrogens is 278 g/mol. The van der Waals surface area contributed by atoms with Crippen LogP contribution in [0.15, 0.2) is 48.5 Å². The van der Waals surface area contributed by atoms with Crippen LogP contribution in [0.1, 0.15) is 0 Å². The minimum atomic E-state index is -0.640. The van der Waals surface area contributed by atoms with Crippen molar-refractivity contribution < 1.29 is 14.3 Å². The Balaban J connectivity index is 2.60. The van der Waals surface area contributed by atoms with Crippen LogP contribution in [0.3, 0.4) is 0 Å². The quantitative estimate of drug-likeness (QED) is 0.626. The second-order valence-corrected chi connectivity index (χ2v) is 4.26. The molecule has 0 radical (unpaired) electrons. The first-order valence-corrected chi connectivity index (χ1v) is 6.32. The van der Waals surface area contributed by atoms with Gasteiger partial charge >= 0.3 is 5.37 Å². The topological polar surface area (TPSA) is 38.8 Å². The van der Waals surface area contributed by atoms with Gasteiger partial charge in [-0.1, -0.05) is 24.3 Å². The fourth-order valence-corrected chi connectivity index (χ4v) is 2.13. The van der Waals surface area contributed by atoms with Gasteiger partial charge in [0.2, 0.25) is 0 Å². The van der Waals surface area contributed by atoms with Crippen molar-refractivity contribution in [1.29, 1.82) is 0 Å². The lowest BCUT2D eigenvalue weighted by atomic mass is 10.2. The molecule has 0 unspecified atom stereocenters. The number of carbonyl (C=O) groups is 1. The molecule has 0 heterocycles. The van der Waals surface area contributed by atoms with Crippen LogP contribution in [0.5, 0.6) is 11.5 Å². The maximum atomic E-state index is 11.9. The van der Waals surface area contributed by atoms with Crippen LogP contribution in [0.4, 0.5) is 16.2 Å². The molecule has 0 saturated carbocycles. The largest absolute Gasteiger partial charge is 0.495 e. The van der Waals surface area contributed by atoms with E-state index in [1.165, 1.54) is 19.1 Å². The summed E-state index contributed by atoms with van der Waals surface area (Å²) in [5.41, 5.74) is 1.11. The van der Waals surface area contributed by atoms with Crippen molar-refractivity contribution >= 4 is 28.3 Å². The SMILES string of the molecule is COc1ccccc1N(C(=O)Cl)c1ccccc1OC. The highest BCUT2D eigenvalue weighted by Gasteiger charge is 2.22. The number of para-hydroxylation sites is 4. The van der Waals surface area contributed by atoms with E-state index < -0.39 is 5.37 Å². The van der Waals surface area contributed by atoms with Crippen molar-refractivity contribution in [2.24, 2.45) is 0 Å². The average Bonchev–Trinajstić information content (AvgIpc) is 2.48. The molecule has 1 amide bonds. The van der Waals surface area contributed by atoms with E-state index in [4.69, 9.17) is 21.1 Å². The van der Waals surface area contributed by atoms with Crippen LogP contribution in [0, 0.1) is 0 Å². The maximum absolute atomic E-state index is 11.9. The van der Waals surface area contributed by atoms with Crippen molar-refractivity contribution in [2.75, 3.05) is 19.1 Å². The van der Waals surface area contributed by atoms with Crippen LogP contribution in [0.2, 0.25) is 0 Å². The molecule has 2 aromatic carbocycles. The molecule has 0 aliphatic rings. The van der Waals surface area contributed by atoms with Gasteiger partial charge in [-0.05, 0) is 35.9 Å². The third kappa shape index (κ3) is 2.70. The fraction of sp³-hybridized carbons (Fsp3) is 0.133. The molecule has 0 spiro atoms. The summed E-state index contributed by atoms with van der Waals surface area (Å²) < 4.78 is 10.6. The Morgan fingerprint density at radius 2 is 1.30 bits per heavy atom. The van der Waals surface area contributed by atoms with Gasteiger partial charge in [0.15, 0.2) is 0 Å². The summed E-state index contributed by atoms with van der Waals surface area (Å²) in [6.45, 7) is 0. The number of rotatable bonds is 4. The van der Waals surface area contributed by atoms with Gasteiger partial charge in [0.1, 0.15) is 11.5 Å². The van der Waals surface area contributed by atoms with E-state index in [1.807, 2.05) is 12.1 Å². The van der Waals surface area contributed by atoms with Gasteiger partial charge in [0.25, 0.3) is 0 Å². The first-order valence-electron chi connectivity index (χ1n) is 5.94. The third-order valence-corrected chi connectivity index (χ3v) is 3.00. The number of amides is 1. The summed E-state index contributed by atoms with van der Waals surface area (Å²) in [6, 6.07) is 14.3. The molecule has 0 atom stereocenters. The predicted octanol–water partition coefficient (Wildman–Crippen LogP) is 4.20. The lowest BCUT2D eigenvalue weighted by molar-refractivity contribution is 0.265. The summed E-state index contributed by atoms with van der Waals surface area (Å²) in [4.78, 5) is 13.2. The Hall–Kier alpha value is -2.20. The Labute approximate surface area is 122 Å². The van der Waals surface area contributed by atoms with Crippen molar-refractivity contribution in [2.45, 2.75) is 0 Å². The molecule has 0 bridgehead atoms. The number of halogens is 1. The van der Waals surface area contributed by atoms with Crippen molar-refractivity contribution in [1.82, 2.24) is 0 Å². The van der Waals surface area contributed by atoms with E-state index in [0.29, 0.717) is 22.9 Å². The molecule has 0 aliphatic carbocycles. The van der Waals surface area contributed by atoms with Crippen LogP contribution >= 0.6 is 11.6 Å². The number of ether oxygens (including phenoxy) is 2. The lowest BCUT2D eigenvalue weighted by Gasteiger charge is -2.23. The number of carbonyl (C=O) groups excluding carboxylic acids is 1. The zero-order chi connectivity index (χ0) is 14.5. The first kappa shape index (κ1) is 14.2. The van der Waals surface area contributed by atoms with Crippen molar-refractivity contribution in [3.63, 3.8) is 0 Å². The van der Waals surface area contributed by atoms with Gasteiger partial charge in [-0.25, -0.2) is 0 Å². The zero-order valence-corrected chi connectivity index (χ0v) is 11.9. The Bertz CT molecular complexity index is 568. The van der Waals surface area contributed by atoms with Crippen LogP contribution in [-0.4, -0.2) is 19.6 Å². The molecule has 2 rings (SSSR count). The van der Waals surface area contributed by atoms with Gasteiger partial charge < -0.3 is 9.47 Å². The molecule has 4 nitrogen and oxygen atoms in total. The zero-order valence-electron chi connectivity index (χ0n) is 11.2. The fourth-order valence-electron chi connectivity index (χ4n) is 1.95. The van der Waals surface area contributed by atoms with Gasteiger partial charge in [-0.3, -0.25) is 9.69 Å². The van der Waals surface area contributed by atoms with Crippen LogP contribution in [-0.2, 0) is 0 Å². The number of anilines is 2. The third-order valence-electron chi connectivity index (χ3n) is 2.83. The molecule has 5 heteroatoms. The summed E-state index contributed by atoms with van der Waals surface area (Å²) >= 11 is 5.75. The van der Waals surface area contributed by atoms with Crippen LogP contribution in [0.25, 0.3) is 0 Å². The standard InChI is InChI=1S/C15H14ClNO3/c1-19-13-9-5-3-7-11(13)17(15(16)18)12-8-4-6-10-14(12)20-2/h3-10H,1-2H3. The summed E-state index contributed by atoms with van der Waals surface area (Å²) in [5.74, 6) is 1.10. The van der Waals surface area contributed by atoms with Crippen molar-refractivity contribution in [3.05, 3.63) is 48.5 Å². The van der Waals surface area contributed by atoms with E-state index in [0.717, 1.165) is 0 Å². The molecular formula is C15H14ClNO3. The van der Waals surface area contributed by atoms with Crippen LogP contribution < -0.4 is 14.4 Å². The van der Waals surface area contributed by atoms with Gasteiger partial charge in [-0.15, -0.1) is 0 Å². The monoisotopic (exact) mass is 291 g/mol. The maximum Gasteiger partial charge on any atom is 0.325 e. The smallest absolute Gasteiger partial charge is 0.325 e. The molecule has 104 valence electrons. The van der Waals surface area contributed by atoms with E-state index in [-0.39, 0.29) is 0 Å². The molecule has 0 aromatic heterocycles. The van der Waals surface area contributed by atoms with E-state index >= 15 is 0 Å². The summed E-state index contributed by atoms with van der Waals surface area (Å²) in [6.07, 6.45) is 0. The molecule has 0 aliphatic heterocycles. The summed E-state index contributed by atoms with van der Waals surface area (Å²) in [5, 5.41) is -0.640. The second kappa shape index (κ2) is 6.30. The number of hydrogen-bond donors (Lipinski definition) is 0. The number of benzene rings is 2. The molecule has 0 N–H and O–H groups in total. The highest BCUT2D eigenvalue weighted by Crippen LogP contribution is 2.39. The second-order valence-electron chi connectivity index (χ2n) is 3.93. The number of nitrogens with zero attached hydrogens (tertiary/aromatic N) is 1. The molecule has 2 aromatic rings. The lowest BCUT2D eigenvalue weighted by Crippen LogP contribution is -2.20. The number of hydrogen-bond acceptors (Lipinski definition) is 3. The van der Waals surface area contributed by atoms with Gasteiger partial charge in [-0.2, -0.15) is 0 Å². The van der Waals surface area contributed by atoms with E-state index in [1.54, 1.807) is 36.4 Å². The number of methoxy groups -OCH3 is 2. The molecule has 0 fully saturated rings. The van der Waals surface area contributed by atoms with E-state index in [9.17, 15) is 4.79 Å². The normalized spacial score (nSPS) is 9.95. The molecule has 0 saturated heterocycles. The Morgan fingerprint density at radius 1 is 0.900 bits per heavy atom. The minimum absolute atomic E-state index is 0.549. The van der Waals surface area contributed by atoms with Gasteiger partial charge in [0.05, 0.1) is 25.6 Å².